The van der Waals surface area contributed by atoms with Crippen molar-refractivity contribution < 1.29 is 0 Å². The van der Waals surface area contributed by atoms with Gasteiger partial charge >= 0.3 is 0 Å². The maximum absolute atomic E-state index is 2.26. The lowest BCUT2D eigenvalue weighted by molar-refractivity contribution is 1.14. The molecule has 0 heteroatoms. The van der Waals surface area contributed by atoms with Gasteiger partial charge in [0.15, 0.2) is 0 Å². The second-order valence-corrected chi connectivity index (χ2v) is 5.56. The Labute approximate surface area is 127 Å². The van der Waals surface area contributed by atoms with Gasteiger partial charge < -0.3 is 0 Å². The van der Waals surface area contributed by atoms with Crippen LogP contribution in [0.25, 0.3) is 11.1 Å². The fourth-order valence-electron chi connectivity index (χ4n) is 2.79. The minimum Gasteiger partial charge on any atom is -0.0622 e. The fourth-order valence-corrected chi connectivity index (χ4v) is 2.79. The van der Waals surface area contributed by atoms with Crippen LogP contribution in [0.4, 0.5) is 0 Å². The van der Waals surface area contributed by atoms with Crippen LogP contribution in [0, 0.1) is 13.8 Å². The zero-order valence-electron chi connectivity index (χ0n) is 12.6. The lowest BCUT2D eigenvalue weighted by Crippen LogP contribution is -1.98. The van der Waals surface area contributed by atoms with E-state index in [4.69, 9.17) is 0 Å². The highest BCUT2D eigenvalue weighted by atomic mass is 14.1. The van der Waals surface area contributed by atoms with Gasteiger partial charge in [0.25, 0.3) is 0 Å². The zero-order valence-corrected chi connectivity index (χ0v) is 12.6. The lowest BCUT2D eigenvalue weighted by Gasteiger charge is -2.15. The van der Waals surface area contributed by atoms with Crippen molar-refractivity contribution in [2.75, 3.05) is 0 Å². The van der Waals surface area contributed by atoms with Crippen LogP contribution in [0.1, 0.15) is 22.3 Å². The highest BCUT2D eigenvalue weighted by Crippen LogP contribution is 2.29. The summed E-state index contributed by atoms with van der Waals surface area (Å²) >= 11 is 0. The summed E-state index contributed by atoms with van der Waals surface area (Å²) in [5.41, 5.74) is 8.21. The number of benzene rings is 3. The largest absolute Gasteiger partial charge is 0.0622 e. The molecule has 0 fully saturated rings. The minimum atomic E-state index is 0.985. The van der Waals surface area contributed by atoms with Crippen molar-refractivity contribution in [1.29, 1.82) is 0 Å². The molecule has 0 N–H and O–H groups in total. The molecule has 3 aromatic rings. The van der Waals surface area contributed by atoms with E-state index in [1.807, 2.05) is 0 Å². The summed E-state index contributed by atoms with van der Waals surface area (Å²) < 4.78 is 0. The van der Waals surface area contributed by atoms with E-state index in [-0.39, 0.29) is 0 Å². The van der Waals surface area contributed by atoms with Gasteiger partial charge in [0.1, 0.15) is 0 Å². The van der Waals surface area contributed by atoms with Crippen LogP contribution >= 0.6 is 0 Å². The molecule has 0 bridgehead atoms. The Morgan fingerprint density at radius 1 is 0.667 bits per heavy atom. The first-order valence-electron chi connectivity index (χ1n) is 7.44. The van der Waals surface area contributed by atoms with E-state index in [0.717, 1.165) is 6.42 Å². The summed E-state index contributed by atoms with van der Waals surface area (Å²) in [5.74, 6) is 0. The van der Waals surface area contributed by atoms with Crippen LogP contribution in [-0.2, 0) is 6.42 Å². The smallest absolute Gasteiger partial charge is 0.00169 e. The molecular formula is C21H20. The Morgan fingerprint density at radius 2 is 1.29 bits per heavy atom. The third-order valence-corrected chi connectivity index (χ3v) is 4.18. The summed E-state index contributed by atoms with van der Waals surface area (Å²) in [4.78, 5) is 0. The molecule has 0 nitrogen and oxygen atoms in total. The highest BCUT2D eigenvalue weighted by molar-refractivity contribution is 5.70. The van der Waals surface area contributed by atoms with Crippen LogP contribution < -0.4 is 0 Å². The minimum absolute atomic E-state index is 0.985. The number of hydrogen-bond donors (Lipinski definition) is 0. The van der Waals surface area contributed by atoms with Crippen molar-refractivity contribution in [3.05, 3.63) is 95.1 Å². The van der Waals surface area contributed by atoms with Crippen LogP contribution in [-0.4, -0.2) is 0 Å². The Balaban J connectivity index is 2.11. The molecule has 0 aliphatic heterocycles. The Bertz CT molecular complexity index is 725. The van der Waals surface area contributed by atoms with Crippen LogP contribution in [0.15, 0.2) is 72.8 Å². The number of rotatable bonds is 3. The van der Waals surface area contributed by atoms with E-state index < -0.39 is 0 Å². The monoisotopic (exact) mass is 272 g/mol. The van der Waals surface area contributed by atoms with Gasteiger partial charge in [-0.3, -0.25) is 0 Å². The van der Waals surface area contributed by atoms with Gasteiger partial charge in [-0.2, -0.15) is 0 Å². The lowest BCUT2D eigenvalue weighted by atomic mass is 9.89. The van der Waals surface area contributed by atoms with Gasteiger partial charge in [-0.15, -0.1) is 0 Å². The first-order valence-corrected chi connectivity index (χ1v) is 7.44. The molecule has 0 spiro atoms. The van der Waals surface area contributed by atoms with Crippen molar-refractivity contribution in [2.45, 2.75) is 20.3 Å². The van der Waals surface area contributed by atoms with Gasteiger partial charge in [0, 0.05) is 0 Å². The third kappa shape index (κ3) is 2.90. The average molecular weight is 272 g/mol. The van der Waals surface area contributed by atoms with Gasteiger partial charge in [0.2, 0.25) is 0 Å². The Morgan fingerprint density at radius 3 is 1.95 bits per heavy atom. The third-order valence-electron chi connectivity index (χ3n) is 4.18. The average Bonchev–Trinajstić information content (AvgIpc) is 2.54. The summed E-state index contributed by atoms with van der Waals surface area (Å²) in [6, 6.07) is 25.9. The van der Waals surface area contributed by atoms with E-state index in [9.17, 15) is 0 Å². The molecule has 0 atom stereocenters. The summed E-state index contributed by atoms with van der Waals surface area (Å²) in [6.07, 6.45) is 0.985. The summed E-state index contributed by atoms with van der Waals surface area (Å²) in [7, 11) is 0. The molecule has 0 aliphatic rings. The molecule has 0 unspecified atom stereocenters. The molecule has 21 heavy (non-hydrogen) atoms. The van der Waals surface area contributed by atoms with Crippen LogP contribution in [0.5, 0.6) is 0 Å². The van der Waals surface area contributed by atoms with E-state index in [1.165, 1.54) is 33.4 Å². The van der Waals surface area contributed by atoms with Crippen molar-refractivity contribution >= 4 is 0 Å². The molecule has 3 rings (SSSR count). The van der Waals surface area contributed by atoms with Crippen molar-refractivity contribution in [3.63, 3.8) is 0 Å². The van der Waals surface area contributed by atoms with Gasteiger partial charge in [-0.1, -0.05) is 72.8 Å². The maximum Gasteiger partial charge on any atom is -0.00169 e. The normalized spacial score (nSPS) is 10.6. The molecule has 0 amide bonds. The molecule has 0 radical (unpaired) electrons. The molecular weight excluding hydrogens is 252 g/mol. The van der Waals surface area contributed by atoms with E-state index in [1.54, 1.807) is 0 Å². The van der Waals surface area contributed by atoms with Gasteiger partial charge in [-0.05, 0) is 53.6 Å². The second-order valence-electron chi connectivity index (χ2n) is 5.56. The van der Waals surface area contributed by atoms with E-state index in [2.05, 4.69) is 86.6 Å². The Hall–Kier alpha value is -2.34. The van der Waals surface area contributed by atoms with Gasteiger partial charge in [0.05, 0.1) is 0 Å². The van der Waals surface area contributed by atoms with Crippen molar-refractivity contribution in [1.82, 2.24) is 0 Å². The first-order chi connectivity index (χ1) is 10.3. The predicted octanol–water partition coefficient (Wildman–Crippen LogP) is 5.56. The molecule has 0 heterocycles. The number of aryl methyl sites for hydroxylation is 1. The number of hydrogen-bond acceptors (Lipinski definition) is 0. The predicted molar refractivity (Wildman–Crippen MR) is 90.6 cm³/mol. The highest BCUT2D eigenvalue weighted by Gasteiger charge is 2.10. The molecule has 0 saturated carbocycles. The summed E-state index contributed by atoms with van der Waals surface area (Å²) in [5, 5.41) is 0. The van der Waals surface area contributed by atoms with Gasteiger partial charge in [-0.25, -0.2) is 0 Å². The standard InChI is InChI=1S/C21H20/c1-16-13-14-20(19-11-7-4-8-12-19)21(17(16)2)15-18-9-5-3-6-10-18/h3-14H,15H2,1-2H3. The fraction of sp³-hybridized carbons (Fsp3) is 0.143. The van der Waals surface area contributed by atoms with E-state index >= 15 is 0 Å². The van der Waals surface area contributed by atoms with Crippen molar-refractivity contribution in [2.24, 2.45) is 0 Å². The van der Waals surface area contributed by atoms with Crippen molar-refractivity contribution in [3.8, 4) is 11.1 Å². The molecule has 3 aromatic carbocycles. The molecule has 0 saturated heterocycles. The van der Waals surface area contributed by atoms with E-state index in [0.29, 0.717) is 0 Å². The zero-order chi connectivity index (χ0) is 14.7. The Kier molecular flexibility index (Phi) is 3.87. The summed E-state index contributed by atoms with van der Waals surface area (Å²) in [6.45, 7) is 4.43. The molecule has 104 valence electrons. The topological polar surface area (TPSA) is 0 Å². The van der Waals surface area contributed by atoms with Crippen LogP contribution in [0.2, 0.25) is 0 Å². The second kappa shape index (κ2) is 5.97. The maximum atomic E-state index is 2.26. The van der Waals surface area contributed by atoms with Crippen LogP contribution in [0.3, 0.4) is 0 Å². The molecule has 0 aliphatic carbocycles. The quantitative estimate of drug-likeness (QED) is 0.585. The SMILES string of the molecule is Cc1ccc(-c2ccccc2)c(Cc2ccccc2)c1C. The molecule has 0 aromatic heterocycles. The first kappa shape index (κ1) is 13.6.